The largest absolute Gasteiger partial charge is 0.416 e. The van der Waals surface area contributed by atoms with Crippen LogP contribution in [-0.4, -0.2) is 6.54 Å². The molecule has 1 atom stereocenters. The van der Waals surface area contributed by atoms with Gasteiger partial charge < -0.3 is 5.32 Å². The van der Waals surface area contributed by atoms with E-state index in [0.717, 1.165) is 24.9 Å². The fourth-order valence-corrected chi connectivity index (χ4v) is 3.31. The predicted molar refractivity (Wildman–Crippen MR) is 74.4 cm³/mol. The summed E-state index contributed by atoms with van der Waals surface area (Å²) in [7, 11) is 0. The zero-order valence-electron chi connectivity index (χ0n) is 12.1. The van der Waals surface area contributed by atoms with Gasteiger partial charge in [-0.05, 0) is 42.5 Å². The summed E-state index contributed by atoms with van der Waals surface area (Å²) in [5.41, 5.74) is 0.535. The van der Waals surface area contributed by atoms with Crippen LogP contribution in [0, 0.1) is 5.41 Å². The number of halogens is 3. The lowest BCUT2D eigenvalue weighted by Gasteiger charge is -2.35. The molecule has 1 unspecified atom stereocenters. The number of hydrogen-bond donors (Lipinski definition) is 1. The molecule has 20 heavy (non-hydrogen) atoms. The van der Waals surface area contributed by atoms with Crippen molar-refractivity contribution in [2.45, 2.75) is 51.7 Å². The van der Waals surface area contributed by atoms with Crippen LogP contribution in [0.4, 0.5) is 13.2 Å². The number of benzene rings is 1. The second kappa shape index (κ2) is 5.76. The minimum absolute atomic E-state index is 0.136. The van der Waals surface area contributed by atoms with Crippen LogP contribution in [0.2, 0.25) is 0 Å². The van der Waals surface area contributed by atoms with Gasteiger partial charge in [0.05, 0.1) is 5.56 Å². The fraction of sp³-hybridized carbons (Fsp3) is 0.625. The molecule has 0 saturated heterocycles. The van der Waals surface area contributed by atoms with Gasteiger partial charge in [-0.3, -0.25) is 0 Å². The Bertz CT molecular complexity index is 430. The van der Waals surface area contributed by atoms with E-state index in [1.54, 1.807) is 12.1 Å². The minimum Gasteiger partial charge on any atom is -0.310 e. The van der Waals surface area contributed by atoms with Gasteiger partial charge in [0.2, 0.25) is 0 Å². The van der Waals surface area contributed by atoms with Gasteiger partial charge in [-0.2, -0.15) is 13.2 Å². The fourth-order valence-electron chi connectivity index (χ4n) is 3.31. The lowest BCUT2D eigenvalue weighted by Crippen LogP contribution is -2.34. The Morgan fingerprint density at radius 2 is 1.70 bits per heavy atom. The molecule has 1 saturated carbocycles. The second-order valence-corrected chi connectivity index (χ2v) is 5.97. The Kier molecular flexibility index (Phi) is 4.43. The van der Waals surface area contributed by atoms with E-state index in [1.807, 2.05) is 6.92 Å². The first-order chi connectivity index (χ1) is 9.37. The average molecular weight is 285 g/mol. The molecule has 1 aliphatic carbocycles. The van der Waals surface area contributed by atoms with Crippen LogP contribution >= 0.6 is 0 Å². The van der Waals surface area contributed by atoms with Gasteiger partial charge >= 0.3 is 6.18 Å². The zero-order valence-corrected chi connectivity index (χ0v) is 12.1. The van der Waals surface area contributed by atoms with Crippen molar-refractivity contribution >= 4 is 0 Å². The maximum Gasteiger partial charge on any atom is 0.416 e. The zero-order chi connectivity index (χ0) is 14.8. The van der Waals surface area contributed by atoms with Crippen molar-refractivity contribution in [1.29, 1.82) is 0 Å². The maximum atomic E-state index is 12.6. The number of alkyl halides is 3. The van der Waals surface area contributed by atoms with E-state index >= 15 is 0 Å². The highest BCUT2D eigenvalue weighted by Gasteiger charge is 2.38. The second-order valence-electron chi connectivity index (χ2n) is 5.97. The molecule has 0 aromatic heterocycles. The lowest BCUT2D eigenvalue weighted by molar-refractivity contribution is -0.137. The van der Waals surface area contributed by atoms with Crippen molar-refractivity contribution < 1.29 is 13.2 Å². The van der Waals surface area contributed by atoms with E-state index < -0.39 is 11.7 Å². The van der Waals surface area contributed by atoms with Crippen molar-refractivity contribution in [2.75, 3.05) is 6.54 Å². The van der Waals surface area contributed by atoms with Crippen LogP contribution in [0.1, 0.15) is 56.7 Å². The van der Waals surface area contributed by atoms with Crippen molar-refractivity contribution in [2.24, 2.45) is 5.41 Å². The molecule has 1 N–H and O–H groups in total. The van der Waals surface area contributed by atoms with Crippen LogP contribution in [0.15, 0.2) is 24.3 Å². The van der Waals surface area contributed by atoms with E-state index in [0.29, 0.717) is 0 Å². The van der Waals surface area contributed by atoms with Crippen molar-refractivity contribution in [3.05, 3.63) is 35.4 Å². The summed E-state index contributed by atoms with van der Waals surface area (Å²) in [5, 5.41) is 3.46. The molecule has 1 aromatic carbocycles. The summed E-state index contributed by atoms with van der Waals surface area (Å²) < 4.78 is 37.9. The van der Waals surface area contributed by atoms with E-state index in [4.69, 9.17) is 0 Å². The molecule has 4 heteroatoms. The third kappa shape index (κ3) is 3.17. The molecule has 1 aromatic rings. The first-order valence-electron chi connectivity index (χ1n) is 7.27. The SMILES string of the molecule is CCNC(c1ccc(C(F)(F)F)cc1)C1(C)CCCC1. The summed E-state index contributed by atoms with van der Waals surface area (Å²) in [4.78, 5) is 0. The van der Waals surface area contributed by atoms with E-state index in [1.165, 1.54) is 25.0 Å². The normalized spacial score (nSPS) is 20.1. The summed E-state index contributed by atoms with van der Waals surface area (Å²) in [6.07, 6.45) is 0.416. The van der Waals surface area contributed by atoms with Crippen LogP contribution < -0.4 is 5.32 Å². The smallest absolute Gasteiger partial charge is 0.310 e. The van der Waals surface area contributed by atoms with E-state index in [-0.39, 0.29) is 11.5 Å². The molecule has 0 radical (unpaired) electrons. The molecular formula is C16H22F3N. The molecule has 1 aliphatic rings. The molecule has 0 heterocycles. The summed E-state index contributed by atoms with van der Waals surface area (Å²) in [6, 6.07) is 5.77. The number of hydrogen-bond acceptors (Lipinski definition) is 1. The van der Waals surface area contributed by atoms with Gasteiger partial charge in [-0.25, -0.2) is 0 Å². The van der Waals surface area contributed by atoms with Crippen molar-refractivity contribution in [1.82, 2.24) is 5.32 Å². The van der Waals surface area contributed by atoms with Gasteiger partial charge in [0, 0.05) is 6.04 Å². The Hall–Kier alpha value is -1.03. The standard InChI is InChI=1S/C16H22F3N/c1-3-20-14(15(2)10-4-5-11-15)12-6-8-13(9-7-12)16(17,18)19/h6-9,14,20H,3-5,10-11H2,1-2H3. The Labute approximate surface area is 118 Å². The first-order valence-corrected chi connectivity index (χ1v) is 7.27. The van der Waals surface area contributed by atoms with Gasteiger partial charge in [-0.15, -0.1) is 0 Å². The average Bonchev–Trinajstić information content (AvgIpc) is 2.83. The molecule has 1 fully saturated rings. The molecular weight excluding hydrogens is 263 g/mol. The van der Waals surface area contributed by atoms with Crippen LogP contribution in [-0.2, 0) is 6.18 Å². The molecule has 0 aliphatic heterocycles. The van der Waals surface area contributed by atoms with Gasteiger partial charge in [0.25, 0.3) is 0 Å². The van der Waals surface area contributed by atoms with Gasteiger partial charge in [0.1, 0.15) is 0 Å². The molecule has 112 valence electrons. The van der Waals surface area contributed by atoms with Crippen LogP contribution in [0.25, 0.3) is 0 Å². The lowest BCUT2D eigenvalue weighted by atomic mass is 9.77. The molecule has 1 nitrogen and oxygen atoms in total. The minimum atomic E-state index is -4.26. The highest BCUT2D eigenvalue weighted by atomic mass is 19.4. The molecule has 0 bridgehead atoms. The predicted octanol–water partition coefficient (Wildman–Crippen LogP) is 4.94. The Balaban J connectivity index is 2.26. The van der Waals surface area contributed by atoms with Gasteiger partial charge in [-0.1, -0.05) is 38.8 Å². The van der Waals surface area contributed by atoms with Crippen molar-refractivity contribution in [3.8, 4) is 0 Å². The highest BCUT2D eigenvalue weighted by Crippen LogP contribution is 2.47. The number of rotatable bonds is 4. The highest BCUT2D eigenvalue weighted by molar-refractivity contribution is 5.28. The van der Waals surface area contributed by atoms with Crippen LogP contribution in [0.5, 0.6) is 0 Å². The summed E-state index contributed by atoms with van der Waals surface area (Å²) in [6.45, 7) is 5.10. The molecule has 2 rings (SSSR count). The Morgan fingerprint density at radius 1 is 1.15 bits per heavy atom. The summed E-state index contributed by atoms with van der Waals surface area (Å²) in [5.74, 6) is 0. The topological polar surface area (TPSA) is 12.0 Å². The maximum absolute atomic E-state index is 12.6. The molecule has 0 spiro atoms. The quantitative estimate of drug-likeness (QED) is 0.826. The first kappa shape index (κ1) is 15.4. The third-order valence-electron chi connectivity index (χ3n) is 4.42. The molecule has 0 amide bonds. The summed E-state index contributed by atoms with van der Waals surface area (Å²) >= 11 is 0. The number of nitrogens with one attached hydrogen (secondary N) is 1. The third-order valence-corrected chi connectivity index (χ3v) is 4.42. The van der Waals surface area contributed by atoms with Gasteiger partial charge in [0.15, 0.2) is 0 Å². The van der Waals surface area contributed by atoms with E-state index in [9.17, 15) is 13.2 Å². The Morgan fingerprint density at radius 3 is 2.15 bits per heavy atom. The van der Waals surface area contributed by atoms with Crippen molar-refractivity contribution in [3.63, 3.8) is 0 Å². The van der Waals surface area contributed by atoms with E-state index in [2.05, 4.69) is 12.2 Å². The monoisotopic (exact) mass is 285 g/mol. The van der Waals surface area contributed by atoms with Crippen LogP contribution in [0.3, 0.4) is 0 Å².